The van der Waals surface area contributed by atoms with Gasteiger partial charge in [0.25, 0.3) is 20.0 Å². The van der Waals surface area contributed by atoms with Gasteiger partial charge in [0.2, 0.25) is 0 Å². The monoisotopic (exact) mass is 486 g/mol. The van der Waals surface area contributed by atoms with E-state index in [0.717, 1.165) is 11.1 Å². The van der Waals surface area contributed by atoms with Crippen LogP contribution in [0.4, 0.5) is 11.4 Å². The molecule has 3 aromatic carbocycles. The van der Waals surface area contributed by atoms with E-state index in [9.17, 15) is 16.8 Å². The van der Waals surface area contributed by atoms with Crippen LogP contribution in [0.25, 0.3) is 0 Å². The quantitative estimate of drug-likeness (QED) is 0.562. The molecule has 0 atom stereocenters. The van der Waals surface area contributed by atoms with Crippen molar-refractivity contribution in [3.05, 3.63) is 77.4 Å². The molecule has 1 heterocycles. The molecule has 9 heteroatoms. The largest absolute Gasteiger partial charge is 0.496 e. The predicted molar refractivity (Wildman–Crippen MR) is 129 cm³/mol. The molecule has 1 aliphatic heterocycles. The average molecular weight is 487 g/mol. The van der Waals surface area contributed by atoms with Gasteiger partial charge in [-0.15, -0.1) is 0 Å². The lowest BCUT2D eigenvalue weighted by Crippen LogP contribution is -2.35. The molecule has 0 bridgehead atoms. The smallest absolute Gasteiger partial charge is 0.264 e. The molecular weight excluding hydrogens is 460 g/mol. The van der Waals surface area contributed by atoms with Crippen LogP contribution in [-0.4, -0.2) is 30.5 Å². The van der Waals surface area contributed by atoms with Crippen LogP contribution < -0.4 is 13.8 Å². The van der Waals surface area contributed by atoms with E-state index in [0.29, 0.717) is 42.1 Å². The molecule has 0 saturated carbocycles. The highest BCUT2D eigenvalue weighted by atomic mass is 32.2. The van der Waals surface area contributed by atoms with Gasteiger partial charge in [-0.05, 0) is 85.8 Å². The van der Waals surface area contributed by atoms with E-state index < -0.39 is 20.0 Å². The molecule has 7 nitrogen and oxygen atoms in total. The maximum atomic E-state index is 13.2. The zero-order chi connectivity index (χ0) is 23.8. The summed E-state index contributed by atoms with van der Waals surface area (Å²) >= 11 is 0. The van der Waals surface area contributed by atoms with E-state index in [-0.39, 0.29) is 9.79 Å². The van der Waals surface area contributed by atoms with Crippen molar-refractivity contribution in [3.8, 4) is 5.75 Å². The summed E-state index contributed by atoms with van der Waals surface area (Å²) in [5.41, 5.74) is 3.03. The van der Waals surface area contributed by atoms with Gasteiger partial charge in [0, 0.05) is 12.2 Å². The summed E-state index contributed by atoms with van der Waals surface area (Å²) in [7, 11) is -6.00. The molecule has 0 spiro atoms. The number of ether oxygens (including phenoxy) is 1. The van der Waals surface area contributed by atoms with Crippen LogP contribution in [-0.2, 0) is 26.5 Å². The molecule has 1 aliphatic rings. The molecule has 4 rings (SSSR count). The van der Waals surface area contributed by atoms with Gasteiger partial charge in [-0.2, -0.15) is 0 Å². The number of benzene rings is 3. The lowest BCUT2D eigenvalue weighted by Gasteiger charge is -2.31. The van der Waals surface area contributed by atoms with Gasteiger partial charge in [0.1, 0.15) is 5.75 Å². The summed E-state index contributed by atoms with van der Waals surface area (Å²) in [4.78, 5) is 0.403. The molecule has 0 saturated heterocycles. The van der Waals surface area contributed by atoms with Crippen LogP contribution in [0.2, 0.25) is 0 Å². The first kappa shape index (κ1) is 23.1. The van der Waals surface area contributed by atoms with Crippen molar-refractivity contribution in [1.29, 1.82) is 0 Å². The second kappa shape index (κ2) is 8.72. The first-order chi connectivity index (χ1) is 15.6. The Balaban J connectivity index is 1.66. The lowest BCUT2D eigenvalue weighted by molar-refractivity contribution is 0.411. The Morgan fingerprint density at radius 3 is 2.33 bits per heavy atom. The minimum atomic E-state index is -3.84. The number of fused-ring (bicyclic) bond motifs is 1. The third kappa shape index (κ3) is 4.43. The summed E-state index contributed by atoms with van der Waals surface area (Å²) in [5.74, 6) is 0.625. The molecule has 3 aromatic rings. The molecule has 0 fully saturated rings. The minimum Gasteiger partial charge on any atom is -0.496 e. The third-order valence-electron chi connectivity index (χ3n) is 5.72. The summed E-state index contributed by atoms with van der Waals surface area (Å²) < 4.78 is 61.8. The van der Waals surface area contributed by atoms with E-state index >= 15 is 0 Å². The van der Waals surface area contributed by atoms with Crippen LogP contribution in [0.15, 0.2) is 70.5 Å². The highest BCUT2D eigenvalue weighted by Gasteiger charge is 2.29. The topological polar surface area (TPSA) is 92.8 Å². The number of sulfonamides is 2. The van der Waals surface area contributed by atoms with Crippen molar-refractivity contribution in [2.24, 2.45) is 0 Å². The Kier molecular flexibility index (Phi) is 6.11. The van der Waals surface area contributed by atoms with Crippen molar-refractivity contribution in [2.45, 2.75) is 36.5 Å². The molecule has 33 heavy (non-hydrogen) atoms. The van der Waals surface area contributed by atoms with Crippen molar-refractivity contribution < 1.29 is 21.6 Å². The zero-order valence-corrected chi connectivity index (χ0v) is 20.3. The van der Waals surface area contributed by atoms with Gasteiger partial charge in [-0.1, -0.05) is 18.2 Å². The summed E-state index contributed by atoms with van der Waals surface area (Å²) in [6.07, 6.45) is 1.30. The van der Waals surface area contributed by atoms with E-state index in [1.54, 1.807) is 81.6 Å². The number of rotatable bonds is 6. The van der Waals surface area contributed by atoms with E-state index in [1.165, 1.54) is 4.31 Å². The number of hydrogen-bond acceptors (Lipinski definition) is 5. The van der Waals surface area contributed by atoms with Crippen LogP contribution >= 0.6 is 0 Å². The van der Waals surface area contributed by atoms with Gasteiger partial charge in [-0.3, -0.25) is 9.03 Å². The number of anilines is 2. The fourth-order valence-corrected chi connectivity index (χ4v) is 7.00. The van der Waals surface area contributed by atoms with Gasteiger partial charge in [-0.25, -0.2) is 16.8 Å². The van der Waals surface area contributed by atoms with Crippen LogP contribution in [0.5, 0.6) is 5.75 Å². The minimum absolute atomic E-state index is 0.173. The summed E-state index contributed by atoms with van der Waals surface area (Å²) in [6, 6.07) is 16.6. The average Bonchev–Trinajstić information content (AvgIpc) is 2.80. The van der Waals surface area contributed by atoms with Crippen LogP contribution in [0.1, 0.15) is 23.1 Å². The Hall–Kier alpha value is -3.04. The number of nitrogens with one attached hydrogen (secondary N) is 1. The molecule has 0 aromatic heterocycles. The number of aryl methyl sites for hydroxylation is 3. The van der Waals surface area contributed by atoms with E-state index in [2.05, 4.69) is 4.72 Å². The lowest BCUT2D eigenvalue weighted by atomic mass is 10.0. The maximum Gasteiger partial charge on any atom is 0.264 e. The van der Waals surface area contributed by atoms with Crippen molar-refractivity contribution in [2.75, 3.05) is 22.7 Å². The molecular formula is C24H26N2O5S2. The van der Waals surface area contributed by atoms with Crippen LogP contribution in [0.3, 0.4) is 0 Å². The summed E-state index contributed by atoms with van der Waals surface area (Å²) in [5, 5.41) is 0. The first-order valence-electron chi connectivity index (χ1n) is 10.5. The molecule has 0 radical (unpaired) electrons. The Morgan fingerprint density at radius 2 is 1.64 bits per heavy atom. The van der Waals surface area contributed by atoms with Crippen LogP contribution in [0, 0.1) is 13.8 Å². The summed E-state index contributed by atoms with van der Waals surface area (Å²) in [6.45, 7) is 3.88. The molecule has 174 valence electrons. The molecule has 0 unspecified atom stereocenters. The third-order valence-corrected chi connectivity index (χ3v) is 9.07. The van der Waals surface area contributed by atoms with Crippen molar-refractivity contribution in [3.63, 3.8) is 0 Å². The first-order valence-corrected chi connectivity index (χ1v) is 13.4. The van der Waals surface area contributed by atoms with Gasteiger partial charge in [0.05, 0.1) is 22.6 Å². The highest BCUT2D eigenvalue weighted by Crippen LogP contribution is 2.34. The second-order valence-corrected chi connectivity index (χ2v) is 11.5. The SMILES string of the molecule is COc1cc(C)c(S(=O)(=O)Nc2ccc3c(c2)CCCN3S(=O)(=O)c2ccccc2)cc1C. The van der Waals surface area contributed by atoms with Crippen molar-refractivity contribution >= 4 is 31.4 Å². The normalized spacial score (nSPS) is 14.0. The Labute approximate surface area is 195 Å². The van der Waals surface area contributed by atoms with Gasteiger partial charge in [0.15, 0.2) is 0 Å². The number of nitrogens with zero attached hydrogens (tertiary/aromatic N) is 1. The molecule has 0 aliphatic carbocycles. The molecule has 1 N–H and O–H groups in total. The Morgan fingerprint density at radius 1 is 0.909 bits per heavy atom. The standard InChI is InChI=1S/C24H26N2O5S2/c1-17-15-24(18(2)14-23(17)31-3)32(27,28)25-20-11-12-22-19(16-20)8-7-13-26(22)33(29,30)21-9-5-4-6-10-21/h4-6,9-12,14-16,25H,7-8,13H2,1-3H3. The van der Waals surface area contributed by atoms with Gasteiger partial charge >= 0.3 is 0 Å². The Bertz CT molecular complexity index is 1400. The number of hydrogen-bond donors (Lipinski definition) is 1. The van der Waals surface area contributed by atoms with Crippen molar-refractivity contribution in [1.82, 2.24) is 0 Å². The fourth-order valence-electron chi connectivity index (χ4n) is 4.08. The molecule has 0 amide bonds. The number of methoxy groups -OCH3 is 1. The van der Waals surface area contributed by atoms with E-state index in [1.807, 2.05) is 0 Å². The predicted octanol–water partition coefficient (Wildman–Crippen LogP) is 4.25. The highest BCUT2D eigenvalue weighted by molar-refractivity contribution is 7.93. The van der Waals surface area contributed by atoms with Gasteiger partial charge < -0.3 is 4.74 Å². The second-order valence-electron chi connectivity index (χ2n) is 8.03. The fraction of sp³-hybridized carbons (Fsp3) is 0.250. The van der Waals surface area contributed by atoms with E-state index in [4.69, 9.17) is 4.74 Å². The zero-order valence-electron chi connectivity index (χ0n) is 18.7. The maximum absolute atomic E-state index is 13.2.